The molecule has 2 saturated carbocycles. The number of rotatable bonds is 7. The lowest BCUT2D eigenvalue weighted by atomic mass is 9.93. The molecule has 7 heteroatoms. The van der Waals surface area contributed by atoms with Crippen LogP contribution in [0.1, 0.15) is 66.7 Å². The van der Waals surface area contributed by atoms with E-state index in [4.69, 9.17) is 4.74 Å². The Hall–Kier alpha value is -2.93. The van der Waals surface area contributed by atoms with Crippen LogP contribution in [0.3, 0.4) is 0 Å². The van der Waals surface area contributed by atoms with Crippen LogP contribution in [0.15, 0.2) is 36.5 Å². The first-order chi connectivity index (χ1) is 15.7. The van der Waals surface area contributed by atoms with Gasteiger partial charge in [0.05, 0.1) is 18.2 Å². The van der Waals surface area contributed by atoms with E-state index in [0.29, 0.717) is 41.4 Å². The highest BCUT2D eigenvalue weighted by Crippen LogP contribution is 2.36. The van der Waals surface area contributed by atoms with Crippen LogP contribution in [-0.4, -0.2) is 49.6 Å². The van der Waals surface area contributed by atoms with Crippen LogP contribution in [0.4, 0.5) is 0 Å². The van der Waals surface area contributed by atoms with Gasteiger partial charge >= 0.3 is 0 Å². The minimum Gasteiger partial charge on any atom is -0.496 e. The second-order valence-corrected chi connectivity index (χ2v) is 8.89. The summed E-state index contributed by atoms with van der Waals surface area (Å²) >= 11 is 0. The maximum absolute atomic E-state index is 13.6. The van der Waals surface area contributed by atoms with Gasteiger partial charge in [0.25, 0.3) is 5.91 Å². The number of imidazole rings is 1. The summed E-state index contributed by atoms with van der Waals surface area (Å²) in [5.74, 6) is 1.26. The maximum atomic E-state index is 13.6. The molecule has 0 unspecified atom stereocenters. The molecule has 2 aliphatic carbocycles. The molecule has 168 valence electrons. The van der Waals surface area contributed by atoms with E-state index in [0.717, 1.165) is 36.8 Å². The number of benzene rings is 1. The molecule has 2 aliphatic rings. The zero-order chi connectivity index (χ0) is 22.1. The number of methoxy groups -OCH3 is 1. The average Bonchev–Trinajstić information content (AvgIpc) is 3.61. The molecule has 5 rings (SSSR count). The van der Waals surface area contributed by atoms with Crippen molar-refractivity contribution in [3.8, 4) is 5.75 Å². The fraction of sp³-hybridized carbons (Fsp3) is 0.480. The van der Waals surface area contributed by atoms with Crippen molar-refractivity contribution in [2.24, 2.45) is 0 Å². The molecule has 7 nitrogen and oxygen atoms in total. The molecule has 1 aromatic carbocycles. The van der Waals surface area contributed by atoms with E-state index in [1.807, 2.05) is 34.9 Å². The molecular weight excluding hydrogens is 404 g/mol. The van der Waals surface area contributed by atoms with Crippen LogP contribution >= 0.6 is 0 Å². The van der Waals surface area contributed by atoms with Crippen molar-refractivity contribution < 1.29 is 14.6 Å². The second-order valence-electron chi connectivity index (χ2n) is 8.89. The molecule has 2 aromatic heterocycles. The van der Waals surface area contributed by atoms with Crippen molar-refractivity contribution in [3.63, 3.8) is 0 Å². The molecular formula is C25H30N4O3. The van der Waals surface area contributed by atoms with Crippen molar-refractivity contribution in [2.75, 3.05) is 7.11 Å². The largest absolute Gasteiger partial charge is 0.496 e. The number of fused-ring (bicyclic) bond motifs is 1. The number of aliphatic hydroxyl groups excluding tert-OH is 1. The summed E-state index contributed by atoms with van der Waals surface area (Å²) in [6.07, 6.45) is 9.80. The number of aromatic nitrogens is 3. The van der Waals surface area contributed by atoms with Crippen molar-refractivity contribution in [2.45, 2.75) is 70.2 Å². The predicted octanol–water partition coefficient (Wildman–Crippen LogP) is 3.92. The van der Waals surface area contributed by atoms with E-state index < -0.39 is 0 Å². The standard InChI is InChI=1S/C25H30N4O3/c1-32-22-14-17(15-28-21-8-5-13-26-24(21)27-23(28)16-30)9-12-20(22)25(31)29(19-10-11-19)18-6-3-2-4-7-18/h5,8-9,12-14,18-19,30H,2-4,6-7,10-11,15-16H2,1H3. The third-order valence-corrected chi connectivity index (χ3v) is 6.72. The zero-order valence-corrected chi connectivity index (χ0v) is 18.5. The van der Waals surface area contributed by atoms with Gasteiger partial charge in [-0.15, -0.1) is 0 Å². The summed E-state index contributed by atoms with van der Waals surface area (Å²) in [6, 6.07) is 10.3. The van der Waals surface area contributed by atoms with Crippen LogP contribution in [0.25, 0.3) is 11.2 Å². The van der Waals surface area contributed by atoms with Crippen LogP contribution in [-0.2, 0) is 13.2 Å². The third-order valence-electron chi connectivity index (χ3n) is 6.72. The van der Waals surface area contributed by atoms with E-state index in [1.54, 1.807) is 13.3 Å². The summed E-state index contributed by atoms with van der Waals surface area (Å²) in [6.45, 7) is 0.347. The van der Waals surface area contributed by atoms with E-state index >= 15 is 0 Å². The fourth-order valence-corrected chi connectivity index (χ4v) is 4.98. The summed E-state index contributed by atoms with van der Waals surface area (Å²) in [5, 5.41) is 9.77. The quantitative estimate of drug-likeness (QED) is 0.610. The smallest absolute Gasteiger partial charge is 0.258 e. The maximum Gasteiger partial charge on any atom is 0.258 e. The number of amides is 1. The topological polar surface area (TPSA) is 80.5 Å². The average molecular weight is 435 g/mol. The normalized spacial score (nSPS) is 16.9. The monoisotopic (exact) mass is 434 g/mol. The SMILES string of the molecule is COc1cc(Cn2c(CO)nc3ncccc32)ccc1C(=O)N(C1CCCCC1)C1CC1. The lowest BCUT2D eigenvalue weighted by molar-refractivity contribution is 0.0610. The molecule has 1 N–H and O–H groups in total. The lowest BCUT2D eigenvalue weighted by Crippen LogP contribution is -2.43. The van der Waals surface area contributed by atoms with E-state index in [9.17, 15) is 9.90 Å². The summed E-state index contributed by atoms with van der Waals surface area (Å²) in [7, 11) is 1.62. The molecule has 0 atom stereocenters. The Morgan fingerprint density at radius 1 is 1.16 bits per heavy atom. The van der Waals surface area contributed by atoms with E-state index in [-0.39, 0.29) is 12.5 Å². The highest BCUT2D eigenvalue weighted by atomic mass is 16.5. The molecule has 2 fully saturated rings. The molecule has 0 aliphatic heterocycles. The molecule has 1 amide bonds. The lowest BCUT2D eigenvalue weighted by Gasteiger charge is -2.35. The van der Waals surface area contributed by atoms with Gasteiger partial charge < -0.3 is 19.3 Å². The first kappa shape index (κ1) is 20.9. The Morgan fingerprint density at radius 2 is 1.94 bits per heavy atom. The molecule has 0 bridgehead atoms. The van der Waals surface area contributed by atoms with Gasteiger partial charge in [0, 0.05) is 24.8 Å². The summed E-state index contributed by atoms with van der Waals surface area (Å²) in [4.78, 5) is 24.5. The third kappa shape index (κ3) is 3.97. The highest BCUT2D eigenvalue weighted by molar-refractivity contribution is 5.97. The molecule has 3 aromatic rings. The first-order valence-corrected chi connectivity index (χ1v) is 11.6. The number of hydrogen-bond donors (Lipinski definition) is 1. The molecule has 0 radical (unpaired) electrons. The van der Waals surface area contributed by atoms with Crippen molar-refractivity contribution in [3.05, 3.63) is 53.5 Å². The molecule has 32 heavy (non-hydrogen) atoms. The van der Waals surface area contributed by atoms with Crippen LogP contribution in [0.2, 0.25) is 0 Å². The molecule has 0 spiro atoms. The number of aliphatic hydroxyl groups is 1. The van der Waals surface area contributed by atoms with E-state index in [1.165, 1.54) is 19.3 Å². The first-order valence-electron chi connectivity index (χ1n) is 11.6. The van der Waals surface area contributed by atoms with Gasteiger partial charge in [0.1, 0.15) is 18.2 Å². The van der Waals surface area contributed by atoms with Gasteiger partial charge in [0.15, 0.2) is 5.65 Å². The Balaban J connectivity index is 1.44. The van der Waals surface area contributed by atoms with Crippen molar-refractivity contribution in [1.82, 2.24) is 19.4 Å². The second kappa shape index (κ2) is 8.90. The van der Waals surface area contributed by atoms with Gasteiger partial charge in [-0.05, 0) is 55.5 Å². The number of ether oxygens (including phenoxy) is 1. The Morgan fingerprint density at radius 3 is 2.66 bits per heavy atom. The van der Waals surface area contributed by atoms with Crippen molar-refractivity contribution in [1.29, 1.82) is 0 Å². The van der Waals surface area contributed by atoms with Gasteiger partial charge in [-0.25, -0.2) is 9.97 Å². The summed E-state index contributed by atoms with van der Waals surface area (Å²) < 4.78 is 7.63. The summed E-state index contributed by atoms with van der Waals surface area (Å²) in [5.41, 5.74) is 3.09. The van der Waals surface area contributed by atoms with Crippen LogP contribution < -0.4 is 4.74 Å². The fourth-order valence-electron chi connectivity index (χ4n) is 4.98. The highest BCUT2D eigenvalue weighted by Gasteiger charge is 2.38. The Labute approximate surface area is 188 Å². The molecule has 2 heterocycles. The number of carbonyl (C=O) groups is 1. The number of carbonyl (C=O) groups excluding carboxylic acids is 1. The van der Waals surface area contributed by atoms with E-state index in [2.05, 4.69) is 14.9 Å². The Kier molecular flexibility index (Phi) is 5.83. The predicted molar refractivity (Wildman–Crippen MR) is 122 cm³/mol. The molecule has 0 saturated heterocycles. The van der Waals surface area contributed by atoms with Crippen LogP contribution in [0.5, 0.6) is 5.75 Å². The van der Waals surface area contributed by atoms with Gasteiger partial charge in [-0.2, -0.15) is 0 Å². The van der Waals surface area contributed by atoms with Gasteiger partial charge in [0.2, 0.25) is 0 Å². The number of nitrogens with zero attached hydrogens (tertiary/aromatic N) is 4. The van der Waals surface area contributed by atoms with Gasteiger partial charge in [-0.1, -0.05) is 25.3 Å². The minimum absolute atomic E-state index is 0.0936. The van der Waals surface area contributed by atoms with Crippen molar-refractivity contribution >= 4 is 17.1 Å². The van der Waals surface area contributed by atoms with Crippen LogP contribution in [0, 0.1) is 0 Å². The minimum atomic E-state index is -0.165. The Bertz CT molecular complexity index is 1120. The number of hydrogen-bond acceptors (Lipinski definition) is 5. The zero-order valence-electron chi connectivity index (χ0n) is 18.5. The van der Waals surface area contributed by atoms with Gasteiger partial charge in [-0.3, -0.25) is 4.79 Å². The number of pyridine rings is 1.